The Morgan fingerprint density at radius 1 is 1.25 bits per heavy atom. The summed E-state index contributed by atoms with van der Waals surface area (Å²) in [6.45, 7) is 0.953. The van der Waals surface area contributed by atoms with Crippen molar-refractivity contribution in [3.05, 3.63) is 29.3 Å². The molecule has 0 fully saturated rings. The number of nitrogens with one attached hydrogen (secondary N) is 1. The molecular formula is C12H14F3N. The van der Waals surface area contributed by atoms with Crippen LogP contribution < -0.4 is 5.32 Å². The third kappa shape index (κ3) is 2.90. The largest absolute Gasteiger partial charge is 0.389 e. The number of fused-ring (bicyclic) bond motifs is 1. The zero-order valence-corrected chi connectivity index (χ0v) is 8.90. The Morgan fingerprint density at radius 2 is 2.06 bits per heavy atom. The van der Waals surface area contributed by atoms with Gasteiger partial charge in [-0.3, -0.25) is 0 Å². The van der Waals surface area contributed by atoms with Gasteiger partial charge in [0, 0.05) is 18.7 Å². The Kier molecular flexibility index (Phi) is 3.08. The Hall–Kier alpha value is -1.19. The van der Waals surface area contributed by atoms with Crippen molar-refractivity contribution in [1.82, 2.24) is 0 Å². The number of rotatable bonds is 2. The van der Waals surface area contributed by atoms with Crippen molar-refractivity contribution in [3.8, 4) is 0 Å². The third-order valence-corrected chi connectivity index (χ3v) is 2.81. The quantitative estimate of drug-likeness (QED) is 0.817. The van der Waals surface area contributed by atoms with Crippen molar-refractivity contribution in [2.45, 2.75) is 31.9 Å². The second kappa shape index (κ2) is 4.36. The van der Waals surface area contributed by atoms with Gasteiger partial charge in [0.25, 0.3) is 0 Å². The highest BCUT2D eigenvalue weighted by Gasteiger charge is 2.26. The lowest BCUT2D eigenvalue weighted by molar-refractivity contribution is -0.133. The topological polar surface area (TPSA) is 12.0 Å². The molecule has 16 heavy (non-hydrogen) atoms. The molecule has 1 aromatic carbocycles. The van der Waals surface area contributed by atoms with Gasteiger partial charge in [0.05, 0.1) is 0 Å². The predicted octanol–water partition coefficient (Wildman–Crippen LogP) is 3.54. The Bertz CT molecular complexity index is 371. The van der Waals surface area contributed by atoms with Crippen LogP contribution in [0.25, 0.3) is 0 Å². The lowest BCUT2D eigenvalue weighted by Crippen LogP contribution is -2.12. The Labute approximate surface area is 92.7 Å². The van der Waals surface area contributed by atoms with Gasteiger partial charge in [0.2, 0.25) is 0 Å². The van der Waals surface area contributed by atoms with Crippen LogP contribution in [-0.4, -0.2) is 12.7 Å². The first-order chi connectivity index (χ1) is 7.54. The molecule has 0 bridgehead atoms. The monoisotopic (exact) mass is 229 g/mol. The molecule has 1 N–H and O–H groups in total. The first-order valence-electron chi connectivity index (χ1n) is 5.47. The summed E-state index contributed by atoms with van der Waals surface area (Å²) in [5, 5.41) is 3.24. The maximum Gasteiger partial charge on any atom is 0.389 e. The van der Waals surface area contributed by atoms with E-state index in [9.17, 15) is 13.2 Å². The highest BCUT2D eigenvalue weighted by Crippen LogP contribution is 2.26. The van der Waals surface area contributed by atoms with Crippen LogP contribution in [0.3, 0.4) is 0 Å². The summed E-state index contributed by atoms with van der Waals surface area (Å²) in [6.07, 6.45) is -2.71. The number of anilines is 1. The fraction of sp³-hybridized carbons (Fsp3) is 0.500. The molecule has 0 saturated carbocycles. The smallest absolute Gasteiger partial charge is 0.385 e. The highest BCUT2D eigenvalue weighted by atomic mass is 19.4. The van der Waals surface area contributed by atoms with Gasteiger partial charge in [0.1, 0.15) is 0 Å². The molecule has 2 rings (SSSR count). The molecule has 0 aromatic heterocycles. The summed E-state index contributed by atoms with van der Waals surface area (Å²) in [5.41, 5.74) is 2.99. The second-order valence-corrected chi connectivity index (χ2v) is 4.14. The number of hydrogen-bond acceptors (Lipinski definition) is 1. The van der Waals surface area contributed by atoms with E-state index < -0.39 is 12.6 Å². The molecule has 1 aliphatic heterocycles. The van der Waals surface area contributed by atoms with Crippen LogP contribution >= 0.6 is 0 Å². The Morgan fingerprint density at radius 3 is 2.81 bits per heavy atom. The normalized spacial score (nSPS) is 15.4. The van der Waals surface area contributed by atoms with E-state index in [1.165, 1.54) is 0 Å². The molecule has 88 valence electrons. The van der Waals surface area contributed by atoms with Gasteiger partial charge in [-0.15, -0.1) is 0 Å². The van der Waals surface area contributed by atoms with Gasteiger partial charge in [-0.1, -0.05) is 12.1 Å². The van der Waals surface area contributed by atoms with Gasteiger partial charge in [-0.05, 0) is 36.5 Å². The molecule has 1 aromatic rings. The van der Waals surface area contributed by atoms with Crippen LogP contribution in [0, 0.1) is 0 Å². The van der Waals surface area contributed by atoms with Gasteiger partial charge in [-0.25, -0.2) is 0 Å². The van der Waals surface area contributed by atoms with E-state index >= 15 is 0 Å². The van der Waals surface area contributed by atoms with Crippen molar-refractivity contribution >= 4 is 5.69 Å². The number of alkyl halides is 3. The van der Waals surface area contributed by atoms with E-state index in [0.717, 1.165) is 36.2 Å². The van der Waals surface area contributed by atoms with Crippen molar-refractivity contribution in [2.75, 3.05) is 11.9 Å². The second-order valence-electron chi connectivity index (χ2n) is 4.14. The van der Waals surface area contributed by atoms with E-state index in [4.69, 9.17) is 0 Å². The van der Waals surface area contributed by atoms with E-state index in [1.807, 2.05) is 12.1 Å². The molecule has 1 nitrogen and oxygen atoms in total. The zero-order chi connectivity index (χ0) is 11.6. The minimum Gasteiger partial charge on any atom is -0.385 e. The summed E-state index contributed by atoms with van der Waals surface area (Å²) >= 11 is 0. The summed E-state index contributed by atoms with van der Waals surface area (Å²) in [4.78, 5) is 0. The molecule has 0 spiro atoms. The van der Waals surface area contributed by atoms with Crippen molar-refractivity contribution < 1.29 is 13.2 Å². The SMILES string of the molecule is FC(F)(F)CCc1ccc2c(c1)CCCN2. The molecule has 1 heterocycles. The lowest BCUT2D eigenvalue weighted by atomic mass is 9.99. The Balaban J connectivity index is 2.06. The van der Waals surface area contributed by atoms with E-state index in [1.54, 1.807) is 6.07 Å². The van der Waals surface area contributed by atoms with Crippen molar-refractivity contribution in [1.29, 1.82) is 0 Å². The number of hydrogen-bond donors (Lipinski definition) is 1. The minimum absolute atomic E-state index is 0.0801. The average Bonchev–Trinajstić information content (AvgIpc) is 2.25. The molecule has 4 heteroatoms. The first kappa shape index (κ1) is 11.3. The number of halogens is 3. The maximum absolute atomic E-state index is 12.1. The fourth-order valence-corrected chi connectivity index (χ4v) is 1.97. The zero-order valence-electron chi connectivity index (χ0n) is 8.90. The number of aryl methyl sites for hydroxylation is 2. The number of benzene rings is 1. The van der Waals surface area contributed by atoms with Gasteiger partial charge in [0.15, 0.2) is 0 Å². The maximum atomic E-state index is 12.1. The van der Waals surface area contributed by atoms with Crippen LogP contribution in [0.2, 0.25) is 0 Å². The molecule has 0 unspecified atom stereocenters. The molecule has 0 aliphatic carbocycles. The molecule has 0 radical (unpaired) electrons. The fourth-order valence-electron chi connectivity index (χ4n) is 1.97. The predicted molar refractivity (Wildman–Crippen MR) is 57.6 cm³/mol. The average molecular weight is 229 g/mol. The van der Waals surface area contributed by atoms with Crippen LogP contribution in [0.5, 0.6) is 0 Å². The molecule has 1 aliphatic rings. The third-order valence-electron chi connectivity index (χ3n) is 2.81. The van der Waals surface area contributed by atoms with E-state index in [0.29, 0.717) is 0 Å². The summed E-state index contributed by atoms with van der Waals surface area (Å²) in [5.74, 6) is 0. The minimum atomic E-state index is -4.06. The standard InChI is InChI=1S/C12H14F3N/c13-12(14,15)6-5-9-3-4-11-10(8-9)2-1-7-16-11/h3-4,8,16H,1-2,5-7H2. The molecule has 0 saturated heterocycles. The summed E-state index contributed by atoms with van der Waals surface area (Å²) < 4.78 is 36.2. The van der Waals surface area contributed by atoms with Gasteiger partial charge in [-0.2, -0.15) is 13.2 Å². The van der Waals surface area contributed by atoms with E-state index in [2.05, 4.69) is 5.32 Å². The molecule has 0 atom stereocenters. The van der Waals surface area contributed by atoms with Crippen molar-refractivity contribution in [3.63, 3.8) is 0 Å². The van der Waals surface area contributed by atoms with Crippen LogP contribution in [0.1, 0.15) is 24.0 Å². The van der Waals surface area contributed by atoms with E-state index in [-0.39, 0.29) is 6.42 Å². The van der Waals surface area contributed by atoms with Gasteiger partial charge >= 0.3 is 6.18 Å². The summed E-state index contributed by atoms with van der Waals surface area (Å²) in [7, 11) is 0. The lowest BCUT2D eigenvalue weighted by Gasteiger charge is -2.18. The van der Waals surface area contributed by atoms with Crippen LogP contribution in [0.4, 0.5) is 18.9 Å². The molecular weight excluding hydrogens is 215 g/mol. The van der Waals surface area contributed by atoms with Crippen LogP contribution in [0.15, 0.2) is 18.2 Å². The van der Waals surface area contributed by atoms with Crippen molar-refractivity contribution in [2.24, 2.45) is 0 Å². The van der Waals surface area contributed by atoms with Crippen LogP contribution in [-0.2, 0) is 12.8 Å². The first-order valence-corrected chi connectivity index (χ1v) is 5.47. The molecule has 0 amide bonds. The van der Waals surface area contributed by atoms with Gasteiger partial charge < -0.3 is 5.32 Å². The highest BCUT2D eigenvalue weighted by molar-refractivity contribution is 5.54. The summed E-state index contributed by atoms with van der Waals surface area (Å²) in [6, 6.07) is 5.57.